The van der Waals surface area contributed by atoms with Gasteiger partial charge in [0.05, 0.1) is 12.5 Å². The molecule has 0 fully saturated rings. The Morgan fingerprint density at radius 2 is 2.00 bits per heavy atom. The predicted octanol–water partition coefficient (Wildman–Crippen LogP) is 1.53. The molecule has 0 unspecified atom stereocenters. The van der Waals surface area contributed by atoms with Crippen LogP contribution < -0.4 is 5.73 Å². The fourth-order valence-corrected chi connectivity index (χ4v) is 1.25. The molecule has 0 saturated carbocycles. The van der Waals surface area contributed by atoms with Gasteiger partial charge in [0.1, 0.15) is 17.3 Å². The van der Waals surface area contributed by atoms with E-state index < -0.39 is 23.2 Å². The summed E-state index contributed by atoms with van der Waals surface area (Å²) in [7, 11) is 1.45. The first-order valence-corrected chi connectivity index (χ1v) is 4.84. The van der Waals surface area contributed by atoms with Crippen LogP contribution in [-0.2, 0) is 0 Å². The first-order chi connectivity index (χ1) is 7.97. The summed E-state index contributed by atoms with van der Waals surface area (Å²) in [6.45, 7) is 0.197. The first-order valence-electron chi connectivity index (χ1n) is 4.84. The number of carbonyl (C=O) groups excluding carboxylic acids is 1. The Balaban J connectivity index is 2.94. The van der Waals surface area contributed by atoms with Crippen LogP contribution in [0, 0.1) is 23.0 Å². The molecule has 0 radical (unpaired) electrons. The van der Waals surface area contributed by atoms with Crippen LogP contribution in [0.3, 0.4) is 0 Å². The van der Waals surface area contributed by atoms with Gasteiger partial charge in [-0.3, -0.25) is 4.79 Å². The molecule has 0 aliphatic carbocycles. The number of amides is 1. The highest BCUT2D eigenvalue weighted by Crippen LogP contribution is 2.18. The Labute approximate surface area is 97.2 Å². The molecular formula is C11H11F2N3O. The van der Waals surface area contributed by atoms with Crippen molar-refractivity contribution < 1.29 is 13.6 Å². The van der Waals surface area contributed by atoms with E-state index in [0.717, 1.165) is 12.1 Å². The lowest BCUT2D eigenvalue weighted by Gasteiger charge is -2.15. The van der Waals surface area contributed by atoms with Crippen molar-refractivity contribution in [3.8, 4) is 6.07 Å². The van der Waals surface area contributed by atoms with Gasteiger partial charge >= 0.3 is 0 Å². The van der Waals surface area contributed by atoms with E-state index >= 15 is 0 Å². The lowest BCUT2D eigenvalue weighted by atomic mass is 10.1. The molecule has 0 aliphatic heterocycles. The fourth-order valence-electron chi connectivity index (χ4n) is 1.25. The normalized spacial score (nSPS) is 9.76. The van der Waals surface area contributed by atoms with Gasteiger partial charge in [-0.2, -0.15) is 5.26 Å². The van der Waals surface area contributed by atoms with Gasteiger partial charge in [0.2, 0.25) is 0 Å². The molecule has 1 rings (SSSR count). The number of carbonyl (C=O) groups is 1. The number of hydrogen-bond donors (Lipinski definition) is 1. The smallest absolute Gasteiger partial charge is 0.253 e. The number of halogens is 2. The molecule has 17 heavy (non-hydrogen) atoms. The van der Waals surface area contributed by atoms with Gasteiger partial charge in [-0.05, 0) is 12.1 Å². The summed E-state index contributed by atoms with van der Waals surface area (Å²) in [6.07, 6.45) is 0.155. The zero-order chi connectivity index (χ0) is 13.0. The lowest BCUT2D eigenvalue weighted by molar-refractivity contribution is 0.0797. The summed E-state index contributed by atoms with van der Waals surface area (Å²) >= 11 is 0. The Hall–Kier alpha value is -2.16. The number of benzene rings is 1. The Kier molecular flexibility index (Phi) is 3.99. The van der Waals surface area contributed by atoms with Crippen LogP contribution in [0.1, 0.15) is 16.8 Å². The molecule has 0 atom stereocenters. The van der Waals surface area contributed by atoms with Crippen molar-refractivity contribution in [2.45, 2.75) is 6.42 Å². The summed E-state index contributed by atoms with van der Waals surface area (Å²) in [5, 5.41) is 8.37. The molecule has 0 spiro atoms. The summed E-state index contributed by atoms with van der Waals surface area (Å²) in [6, 6.07) is 3.63. The number of nitriles is 1. The van der Waals surface area contributed by atoms with Crippen LogP contribution >= 0.6 is 0 Å². The average Bonchev–Trinajstić information content (AvgIpc) is 2.31. The maximum Gasteiger partial charge on any atom is 0.253 e. The van der Waals surface area contributed by atoms with Crippen molar-refractivity contribution >= 4 is 11.6 Å². The second-order valence-corrected chi connectivity index (χ2v) is 3.49. The molecule has 0 aliphatic rings. The van der Waals surface area contributed by atoms with E-state index in [0.29, 0.717) is 0 Å². The number of nitrogen functional groups attached to an aromatic ring is 1. The second kappa shape index (κ2) is 5.25. The minimum atomic E-state index is -0.970. The fraction of sp³-hybridized carbons (Fsp3) is 0.273. The summed E-state index contributed by atoms with van der Waals surface area (Å²) in [4.78, 5) is 12.9. The molecule has 0 heterocycles. The van der Waals surface area contributed by atoms with Crippen molar-refractivity contribution in [2.24, 2.45) is 0 Å². The van der Waals surface area contributed by atoms with Crippen LogP contribution in [0.5, 0.6) is 0 Å². The van der Waals surface area contributed by atoms with Gasteiger partial charge in [0.15, 0.2) is 0 Å². The molecule has 2 N–H and O–H groups in total. The molecule has 0 bridgehead atoms. The minimum absolute atomic E-state index is 0.130. The van der Waals surface area contributed by atoms with Crippen LogP contribution in [0.25, 0.3) is 0 Å². The maximum atomic E-state index is 13.1. The summed E-state index contributed by atoms with van der Waals surface area (Å²) in [5.41, 5.74) is 4.35. The van der Waals surface area contributed by atoms with Crippen LogP contribution in [0.4, 0.5) is 14.5 Å². The highest BCUT2D eigenvalue weighted by atomic mass is 19.1. The number of anilines is 1. The maximum absolute atomic E-state index is 13.1. The SMILES string of the molecule is CN(CCC#N)C(=O)c1cc(F)c(N)c(F)c1. The molecule has 4 nitrogen and oxygen atoms in total. The third-order valence-corrected chi connectivity index (χ3v) is 2.23. The summed E-state index contributed by atoms with van der Waals surface area (Å²) in [5.74, 6) is -2.50. The quantitative estimate of drug-likeness (QED) is 0.813. The van der Waals surface area contributed by atoms with E-state index in [4.69, 9.17) is 11.0 Å². The van der Waals surface area contributed by atoms with E-state index in [1.165, 1.54) is 11.9 Å². The lowest BCUT2D eigenvalue weighted by Crippen LogP contribution is -2.27. The molecule has 6 heteroatoms. The van der Waals surface area contributed by atoms with Gasteiger partial charge in [-0.15, -0.1) is 0 Å². The van der Waals surface area contributed by atoms with E-state index in [1.807, 2.05) is 6.07 Å². The zero-order valence-electron chi connectivity index (χ0n) is 9.20. The molecular weight excluding hydrogens is 228 g/mol. The molecule has 1 aromatic rings. The number of rotatable bonds is 3. The Morgan fingerprint density at radius 3 is 2.47 bits per heavy atom. The second-order valence-electron chi connectivity index (χ2n) is 3.49. The predicted molar refractivity (Wildman–Crippen MR) is 58.0 cm³/mol. The minimum Gasteiger partial charge on any atom is -0.394 e. The number of hydrogen-bond acceptors (Lipinski definition) is 3. The number of nitrogens with two attached hydrogens (primary N) is 1. The molecule has 90 valence electrons. The highest BCUT2D eigenvalue weighted by molar-refractivity contribution is 5.94. The van der Waals surface area contributed by atoms with Gasteiger partial charge < -0.3 is 10.6 Å². The van der Waals surface area contributed by atoms with Crippen molar-refractivity contribution in [3.05, 3.63) is 29.3 Å². The number of nitrogens with zero attached hydrogens (tertiary/aromatic N) is 2. The van der Waals surface area contributed by atoms with Crippen LogP contribution in [-0.4, -0.2) is 24.4 Å². The van der Waals surface area contributed by atoms with E-state index in [1.54, 1.807) is 0 Å². The Bertz CT molecular complexity index is 459. The van der Waals surface area contributed by atoms with Crippen LogP contribution in [0.2, 0.25) is 0 Å². The standard InChI is InChI=1S/C11H11F2N3O/c1-16(4-2-3-14)11(17)7-5-8(12)10(15)9(13)6-7/h5-6H,2,4,15H2,1H3. The van der Waals surface area contributed by atoms with E-state index in [9.17, 15) is 13.6 Å². The molecule has 0 saturated heterocycles. The topological polar surface area (TPSA) is 70.1 Å². The van der Waals surface area contributed by atoms with Crippen molar-refractivity contribution in [1.29, 1.82) is 5.26 Å². The third-order valence-electron chi connectivity index (χ3n) is 2.23. The average molecular weight is 239 g/mol. The molecule has 1 aromatic carbocycles. The van der Waals surface area contributed by atoms with E-state index in [-0.39, 0.29) is 18.5 Å². The molecule has 1 amide bonds. The van der Waals surface area contributed by atoms with Gasteiger partial charge in [0.25, 0.3) is 5.91 Å². The van der Waals surface area contributed by atoms with Crippen molar-refractivity contribution in [2.75, 3.05) is 19.3 Å². The third kappa shape index (κ3) is 2.91. The van der Waals surface area contributed by atoms with Gasteiger partial charge in [0, 0.05) is 19.2 Å². The van der Waals surface area contributed by atoms with Crippen molar-refractivity contribution in [3.63, 3.8) is 0 Å². The van der Waals surface area contributed by atoms with Crippen LogP contribution in [0.15, 0.2) is 12.1 Å². The monoisotopic (exact) mass is 239 g/mol. The first kappa shape index (κ1) is 12.9. The van der Waals surface area contributed by atoms with Gasteiger partial charge in [-0.1, -0.05) is 0 Å². The highest BCUT2D eigenvalue weighted by Gasteiger charge is 2.16. The zero-order valence-corrected chi connectivity index (χ0v) is 9.20. The largest absolute Gasteiger partial charge is 0.394 e. The molecule has 0 aromatic heterocycles. The van der Waals surface area contributed by atoms with E-state index in [2.05, 4.69) is 0 Å². The summed E-state index contributed by atoms with van der Waals surface area (Å²) < 4.78 is 26.3. The Morgan fingerprint density at radius 1 is 1.47 bits per heavy atom. The van der Waals surface area contributed by atoms with Crippen molar-refractivity contribution in [1.82, 2.24) is 4.90 Å². The van der Waals surface area contributed by atoms with Gasteiger partial charge in [-0.25, -0.2) is 8.78 Å².